The van der Waals surface area contributed by atoms with Crippen molar-refractivity contribution in [2.24, 2.45) is 0 Å². The molecule has 3 unspecified atom stereocenters. The summed E-state index contributed by atoms with van der Waals surface area (Å²) < 4.78 is 23.9. The minimum Gasteiger partial charge on any atom is -0.391 e. The van der Waals surface area contributed by atoms with Gasteiger partial charge in [-0.25, -0.2) is 4.57 Å². The van der Waals surface area contributed by atoms with Crippen LogP contribution in [0.3, 0.4) is 0 Å². The van der Waals surface area contributed by atoms with E-state index in [0.717, 1.165) is 38.5 Å². The summed E-state index contributed by atoms with van der Waals surface area (Å²) >= 11 is 0. The topological polar surface area (TPSA) is 105 Å². The maximum atomic E-state index is 13.1. The highest BCUT2D eigenvalue weighted by Crippen LogP contribution is 2.43. The van der Waals surface area contributed by atoms with E-state index >= 15 is 0 Å². The summed E-state index contributed by atoms with van der Waals surface area (Å²) in [5.41, 5.74) is 0. The Morgan fingerprint density at radius 3 is 0.807 bits per heavy atom. The normalized spacial score (nSPS) is 13.5. The van der Waals surface area contributed by atoms with Crippen LogP contribution in [-0.2, 0) is 18.4 Å². The lowest BCUT2D eigenvalue weighted by molar-refractivity contribution is -0.870. The average Bonchev–Trinajstić information content (AvgIpc) is 3.49. The number of aliphatic hydroxyl groups is 1. The number of aliphatic hydroxyl groups excluding tert-OH is 1. The molecule has 0 aromatic rings. The van der Waals surface area contributed by atoms with E-state index in [1.165, 1.54) is 353 Å². The third-order valence-corrected chi connectivity index (χ3v) is 19.1. The van der Waals surface area contributed by atoms with Crippen LogP contribution in [-0.4, -0.2) is 73.4 Å². The number of hydrogen-bond acceptors (Lipinski definition) is 5. The van der Waals surface area contributed by atoms with Crippen molar-refractivity contribution in [1.82, 2.24) is 5.32 Å². The van der Waals surface area contributed by atoms with Crippen molar-refractivity contribution < 1.29 is 32.9 Å². The van der Waals surface area contributed by atoms with Gasteiger partial charge in [0.1, 0.15) is 13.2 Å². The Balaban J connectivity index is 3.93. The summed E-state index contributed by atoms with van der Waals surface area (Å²) in [6, 6.07) is -0.757. The molecule has 0 fully saturated rings. The Morgan fingerprint density at radius 2 is 0.578 bits per heavy atom. The SMILES string of the molecule is CCCCCCCCCCCCCCCCCCCCCCCCCCCCCCCCCCC(=O)NC(COP(=O)(O)OCC[N+](C)(C)C)C(O)CCCCCCCCCCCCCCCCCCCCCCCCCCCCCCC. The first kappa shape index (κ1) is 82.5. The number of likely N-dealkylation sites (N-methyl/N-ethyl adjacent to an activating group) is 1. The van der Waals surface area contributed by atoms with Crippen LogP contribution in [0.25, 0.3) is 0 Å². The Morgan fingerprint density at radius 1 is 0.361 bits per heavy atom. The first-order valence-corrected chi connectivity index (χ1v) is 39.4. The number of amides is 1. The van der Waals surface area contributed by atoms with Crippen LogP contribution in [0.15, 0.2) is 0 Å². The lowest BCUT2D eigenvalue weighted by Gasteiger charge is -2.26. The van der Waals surface area contributed by atoms with Gasteiger partial charge in [-0.15, -0.1) is 0 Å². The summed E-state index contributed by atoms with van der Waals surface area (Å²) in [6.45, 7) is 4.97. The molecule has 0 bridgehead atoms. The molecule has 0 rings (SSSR count). The van der Waals surface area contributed by atoms with Crippen LogP contribution < -0.4 is 5.32 Å². The van der Waals surface area contributed by atoms with E-state index in [1.807, 2.05) is 21.1 Å². The Kier molecular flexibility index (Phi) is 65.5. The number of quaternary nitrogens is 1. The van der Waals surface area contributed by atoms with Gasteiger partial charge < -0.3 is 19.8 Å². The lowest BCUT2D eigenvalue weighted by atomic mass is 10.0. The number of phosphoric ester groups is 1. The summed E-state index contributed by atoms with van der Waals surface area (Å²) in [5.74, 6) is -0.132. The van der Waals surface area contributed by atoms with Gasteiger partial charge in [0.15, 0.2) is 0 Å². The number of phosphoric acid groups is 1. The average molecular weight is 1200 g/mol. The summed E-state index contributed by atoms with van der Waals surface area (Å²) in [6.07, 6.45) is 83.8. The van der Waals surface area contributed by atoms with Crippen molar-refractivity contribution in [2.75, 3.05) is 40.9 Å². The largest absolute Gasteiger partial charge is 0.472 e. The zero-order chi connectivity index (χ0) is 60.5. The van der Waals surface area contributed by atoms with Gasteiger partial charge in [0, 0.05) is 6.42 Å². The highest BCUT2D eigenvalue weighted by molar-refractivity contribution is 7.47. The molecule has 3 atom stereocenters. The van der Waals surface area contributed by atoms with Gasteiger partial charge in [-0.2, -0.15) is 0 Å². The van der Waals surface area contributed by atoms with Crippen molar-refractivity contribution in [2.45, 2.75) is 431 Å². The Bertz CT molecular complexity index is 1310. The summed E-state index contributed by atoms with van der Waals surface area (Å²) in [5, 5.41) is 14.2. The maximum absolute atomic E-state index is 13.1. The minimum atomic E-state index is -4.33. The Labute approximate surface area is 520 Å². The number of carbonyl (C=O) groups excluding carboxylic acids is 1. The highest BCUT2D eigenvalue weighted by Gasteiger charge is 2.28. The van der Waals surface area contributed by atoms with Gasteiger partial charge in [0.2, 0.25) is 5.91 Å². The molecular weight excluding hydrogens is 1040 g/mol. The molecule has 0 aliphatic heterocycles. The molecule has 9 heteroatoms. The first-order chi connectivity index (χ1) is 40.5. The van der Waals surface area contributed by atoms with Gasteiger partial charge in [-0.3, -0.25) is 13.8 Å². The fourth-order valence-corrected chi connectivity index (χ4v) is 13.0. The molecule has 0 saturated heterocycles. The van der Waals surface area contributed by atoms with Crippen molar-refractivity contribution in [1.29, 1.82) is 0 Å². The van der Waals surface area contributed by atoms with E-state index in [0.29, 0.717) is 23.9 Å². The van der Waals surface area contributed by atoms with Crippen molar-refractivity contribution in [3.05, 3.63) is 0 Å². The predicted octanol–water partition coefficient (Wildman–Crippen LogP) is 24.3. The maximum Gasteiger partial charge on any atom is 0.472 e. The summed E-state index contributed by atoms with van der Waals surface area (Å²) in [7, 11) is 1.65. The van der Waals surface area contributed by atoms with Crippen LogP contribution in [0.2, 0.25) is 0 Å². The molecule has 3 N–H and O–H groups in total. The Hall–Kier alpha value is -0.500. The predicted molar refractivity (Wildman–Crippen MR) is 365 cm³/mol. The summed E-state index contributed by atoms with van der Waals surface area (Å²) in [4.78, 5) is 23.5. The minimum absolute atomic E-state index is 0.0796. The second-order valence-electron chi connectivity index (χ2n) is 27.8. The van der Waals surface area contributed by atoms with E-state index in [9.17, 15) is 19.4 Å². The number of nitrogens with zero attached hydrogens (tertiary/aromatic N) is 1. The molecule has 8 nitrogen and oxygen atoms in total. The van der Waals surface area contributed by atoms with E-state index in [2.05, 4.69) is 19.2 Å². The third-order valence-electron chi connectivity index (χ3n) is 18.1. The molecule has 83 heavy (non-hydrogen) atoms. The standard InChI is InChI=1S/C74H151N2O6P/c1-6-8-10-12-14-16-18-20-22-24-26-28-30-32-34-36-37-38-40-42-44-46-48-50-52-54-56-58-60-62-64-66-68-74(78)75-72(71-82-83(79,80)81-70-69-76(3,4)5)73(77)67-65-63-61-59-57-55-53-51-49-47-45-43-41-39-35-33-31-29-27-25-23-21-19-17-15-13-11-9-7-2/h72-73,77H,6-71H2,1-5H3,(H-,75,78,79,80)/p+1. The van der Waals surface area contributed by atoms with Crippen LogP contribution in [0.5, 0.6) is 0 Å². The van der Waals surface area contributed by atoms with Gasteiger partial charge in [-0.05, 0) is 12.8 Å². The van der Waals surface area contributed by atoms with Gasteiger partial charge in [0.05, 0.1) is 39.9 Å². The fraction of sp³-hybridized carbons (Fsp3) is 0.986. The number of carbonyl (C=O) groups is 1. The van der Waals surface area contributed by atoms with Gasteiger partial charge in [-0.1, -0.05) is 399 Å². The quantitative estimate of drug-likeness (QED) is 0.0318. The smallest absolute Gasteiger partial charge is 0.391 e. The molecule has 498 valence electrons. The van der Waals surface area contributed by atoms with Crippen molar-refractivity contribution in [3.63, 3.8) is 0 Å². The molecule has 1 amide bonds. The van der Waals surface area contributed by atoms with Gasteiger partial charge >= 0.3 is 7.82 Å². The number of unbranched alkanes of at least 4 members (excludes halogenated alkanes) is 59. The molecule has 0 spiro atoms. The number of rotatable bonds is 72. The second-order valence-corrected chi connectivity index (χ2v) is 29.2. The van der Waals surface area contributed by atoms with Crippen LogP contribution in [0, 0.1) is 0 Å². The van der Waals surface area contributed by atoms with E-state index in [1.54, 1.807) is 0 Å². The van der Waals surface area contributed by atoms with Gasteiger partial charge in [0.25, 0.3) is 0 Å². The van der Waals surface area contributed by atoms with Crippen LogP contribution in [0.4, 0.5) is 0 Å². The molecule has 0 heterocycles. The molecule has 0 aromatic carbocycles. The third kappa shape index (κ3) is 68.8. The number of hydrogen-bond donors (Lipinski definition) is 3. The zero-order valence-electron chi connectivity index (χ0n) is 57.2. The first-order valence-electron chi connectivity index (χ1n) is 37.9. The molecular formula is C74H152N2O6P+. The monoisotopic (exact) mass is 1200 g/mol. The second kappa shape index (κ2) is 65.9. The fourth-order valence-electron chi connectivity index (χ4n) is 12.2. The van der Waals surface area contributed by atoms with E-state index < -0.39 is 20.0 Å². The van der Waals surface area contributed by atoms with E-state index in [4.69, 9.17) is 9.05 Å². The number of nitrogens with one attached hydrogen (secondary N) is 1. The highest BCUT2D eigenvalue weighted by atomic mass is 31.2. The molecule has 0 aliphatic rings. The molecule has 0 aromatic heterocycles. The molecule has 0 radical (unpaired) electrons. The van der Waals surface area contributed by atoms with Crippen molar-refractivity contribution in [3.8, 4) is 0 Å². The van der Waals surface area contributed by atoms with Crippen LogP contribution in [0.1, 0.15) is 418 Å². The molecule has 0 aliphatic carbocycles. The zero-order valence-corrected chi connectivity index (χ0v) is 58.1. The van der Waals surface area contributed by atoms with E-state index in [-0.39, 0.29) is 19.1 Å². The lowest BCUT2D eigenvalue weighted by Crippen LogP contribution is -2.46. The van der Waals surface area contributed by atoms with Crippen LogP contribution >= 0.6 is 7.82 Å². The van der Waals surface area contributed by atoms with Crippen molar-refractivity contribution >= 4 is 13.7 Å². The molecule has 0 saturated carbocycles.